The number of anilines is 1. The molecule has 3 aliphatic heterocycles. The number of nitrogens with zero attached hydrogens (tertiary/aromatic N) is 7. The first-order chi connectivity index (χ1) is 35.2. The Morgan fingerprint density at radius 3 is 2.19 bits per heavy atom. The second-order valence-electron chi connectivity index (χ2n) is 18.0. The molecule has 3 aromatic rings. The van der Waals surface area contributed by atoms with Crippen molar-refractivity contribution in [1.82, 2.24) is 45.2 Å². The lowest BCUT2D eigenvalue weighted by molar-refractivity contribution is -0.136. The Hall–Kier alpha value is -7.21. The number of piperidine rings is 1. The molecule has 1 atom stereocenters. The maximum atomic E-state index is 13.6. The van der Waals surface area contributed by atoms with Crippen LogP contribution in [0.1, 0.15) is 95.1 Å². The van der Waals surface area contributed by atoms with Crippen LogP contribution in [-0.4, -0.2) is 175 Å². The van der Waals surface area contributed by atoms with Gasteiger partial charge in [-0.15, -0.1) is 0 Å². The number of aromatic nitrogens is 3. The van der Waals surface area contributed by atoms with Gasteiger partial charge >= 0.3 is 0 Å². The molecule has 23 nitrogen and oxygen atoms in total. The molecule has 73 heavy (non-hydrogen) atoms. The molecule has 2 saturated heterocycles. The minimum Gasteiger partial charge on any atom is -0.483 e. The first-order valence-corrected chi connectivity index (χ1v) is 24.5. The third-order valence-electron chi connectivity index (χ3n) is 13.1. The minimum absolute atomic E-state index is 0.00161. The van der Waals surface area contributed by atoms with Gasteiger partial charge in [-0.05, 0) is 76.6 Å². The number of amides is 6. The van der Waals surface area contributed by atoms with Crippen LogP contribution < -0.4 is 31.6 Å². The first-order valence-electron chi connectivity index (χ1n) is 24.5. The molecule has 390 valence electrons. The number of Topliss-reactive ketones (excluding diaryl/α,β-unsaturated/α-hetero) is 1. The normalized spacial score (nSPS) is 17.8. The zero-order chi connectivity index (χ0) is 52.0. The summed E-state index contributed by atoms with van der Waals surface area (Å²) >= 11 is 0. The zero-order valence-corrected chi connectivity index (χ0v) is 41.5. The van der Waals surface area contributed by atoms with Crippen molar-refractivity contribution in [3.8, 4) is 5.75 Å². The molecular formula is C50H63N11O12. The van der Waals surface area contributed by atoms with E-state index in [0.29, 0.717) is 68.5 Å². The Bertz CT molecular complexity index is 2720. The summed E-state index contributed by atoms with van der Waals surface area (Å²) in [6.07, 6.45) is 9.10. The number of ketones is 1. The van der Waals surface area contributed by atoms with Gasteiger partial charge in [-0.2, -0.15) is 4.98 Å². The lowest BCUT2D eigenvalue weighted by Crippen LogP contribution is -2.54. The molecule has 4 N–H and O–H groups in total. The summed E-state index contributed by atoms with van der Waals surface area (Å²) in [5.41, 5.74) is 1.95. The fraction of sp³-hybridized carbons (Fsp3) is 0.500. The third kappa shape index (κ3) is 13.5. The fourth-order valence-electron chi connectivity index (χ4n) is 9.25. The quantitative estimate of drug-likeness (QED) is 0.0309. The van der Waals surface area contributed by atoms with Crippen molar-refractivity contribution in [2.75, 3.05) is 97.4 Å². The molecule has 0 bridgehead atoms. The van der Waals surface area contributed by atoms with Gasteiger partial charge in [-0.25, -0.2) is 9.98 Å². The van der Waals surface area contributed by atoms with E-state index in [-0.39, 0.29) is 90.8 Å². The highest BCUT2D eigenvalue weighted by Gasteiger charge is 2.46. The number of imide groups is 2. The Morgan fingerprint density at radius 2 is 1.53 bits per heavy atom. The van der Waals surface area contributed by atoms with Crippen molar-refractivity contribution >= 4 is 64.9 Å². The van der Waals surface area contributed by atoms with Crippen LogP contribution in [0.3, 0.4) is 0 Å². The number of nitrogens with one attached hydrogen (secondary N) is 4. The number of aliphatic imine (C=N–C) groups is 1. The van der Waals surface area contributed by atoms with E-state index >= 15 is 0 Å². The van der Waals surface area contributed by atoms with Gasteiger partial charge in [0.25, 0.3) is 23.3 Å². The van der Waals surface area contributed by atoms with Crippen molar-refractivity contribution < 1.29 is 52.5 Å². The van der Waals surface area contributed by atoms with E-state index in [1.54, 1.807) is 23.8 Å². The second-order valence-corrected chi connectivity index (χ2v) is 18.0. The number of piperazine rings is 1. The van der Waals surface area contributed by atoms with Gasteiger partial charge in [-0.3, -0.25) is 58.0 Å². The SMILES string of the molecule is C=N/C(=C\C=C(/C)N1CCN(CC(=O)NCCOCCOCCOCCNC(=O)COc2cccc3c2C(=O)N(C2CCC(=O)NC2=O)C3=O)CC1)Nc1ncc2c(C)c(C(C)=O)c(=O)n(C3CCCC3)c2n1. The van der Waals surface area contributed by atoms with Crippen LogP contribution in [0.25, 0.3) is 11.0 Å². The van der Waals surface area contributed by atoms with E-state index in [9.17, 15) is 38.4 Å². The highest BCUT2D eigenvalue weighted by Crippen LogP contribution is 2.34. The lowest BCUT2D eigenvalue weighted by atomic mass is 10.0. The molecule has 0 radical (unpaired) electrons. The summed E-state index contributed by atoms with van der Waals surface area (Å²) in [7, 11) is 0. The van der Waals surface area contributed by atoms with Gasteiger partial charge in [-0.1, -0.05) is 18.9 Å². The van der Waals surface area contributed by atoms with Crippen LogP contribution in [0.5, 0.6) is 5.75 Å². The Morgan fingerprint density at radius 1 is 0.863 bits per heavy atom. The van der Waals surface area contributed by atoms with E-state index < -0.39 is 42.2 Å². The molecule has 5 heterocycles. The smallest absolute Gasteiger partial charge is 0.266 e. The first kappa shape index (κ1) is 53.6. The lowest BCUT2D eigenvalue weighted by Gasteiger charge is -2.36. The highest BCUT2D eigenvalue weighted by atomic mass is 16.5. The Labute approximate surface area is 421 Å². The van der Waals surface area contributed by atoms with Crippen molar-refractivity contribution in [1.29, 1.82) is 0 Å². The molecule has 6 amide bonds. The highest BCUT2D eigenvalue weighted by molar-refractivity contribution is 6.24. The number of hydrogen-bond acceptors (Lipinski definition) is 18. The molecule has 1 aromatic carbocycles. The fourth-order valence-corrected chi connectivity index (χ4v) is 9.25. The summed E-state index contributed by atoms with van der Waals surface area (Å²) < 4.78 is 23.9. The monoisotopic (exact) mass is 1010 g/mol. The molecule has 1 unspecified atom stereocenters. The van der Waals surface area contributed by atoms with Gasteiger partial charge in [0, 0.05) is 69.0 Å². The van der Waals surface area contributed by atoms with E-state index in [4.69, 9.17) is 23.9 Å². The maximum Gasteiger partial charge on any atom is 0.266 e. The number of ether oxygens (including phenoxy) is 4. The van der Waals surface area contributed by atoms with Gasteiger partial charge in [0.15, 0.2) is 12.4 Å². The second kappa shape index (κ2) is 25.4. The summed E-state index contributed by atoms with van der Waals surface area (Å²) in [6.45, 7) is 13.9. The van der Waals surface area contributed by atoms with Gasteiger partial charge in [0.05, 0.1) is 62.9 Å². The predicted molar refractivity (Wildman–Crippen MR) is 266 cm³/mol. The molecule has 0 spiro atoms. The number of hydrogen-bond donors (Lipinski definition) is 4. The summed E-state index contributed by atoms with van der Waals surface area (Å²) in [4.78, 5) is 120. The average Bonchev–Trinajstić information content (AvgIpc) is 3.99. The van der Waals surface area contributed by atoms with E-state index in [2.05, 4.69) is 47.8 Å². The number of aryl methyl sites for hydroxylation is 1. The van der Waals surface area contributed by atoms with Crippen LogP contribution >= 0.6 is 0 Å². The van der Waals surface area contributed by atoms with Crippen LogP contribution in [0, 0.1) is 6.92 Å². The van der Waals surface area contributed by atoms with E-state index in [0.717, 1.165) is 49.4 Å². The summed E-state index contributed by atoms with van der Waals surface area (Å²) in [5, 5.41) is 11.5. The van der Waals surface area contributed by atoms with Gasteiger partial charge in [0.1, 0.15) is 23.3 Å². The van der Waals surface area contributed by atoms with E-state index in [1.165, 1.54) is 25.1 Å². The molecule has 1 aliphatic carbocycles. The molecule has 7 rings (SSSR count). The Balaban J connectivity index is 0.712. The molecule has 1 saturated carbocycles. The molecule has 4 aliphatic rings. The van der Waals surface area contributed by atoms with Crippen LogP contribution in [-0.2, 0) is 33.4 Å². The van der Waals surface area contributed by atoms with Crippen LogP contribution in [0.15, 0.2) is 57.9 Å². The number of carbonyl (C=O) groups excluding carboxylic acids is 7. The van der Waals surface area contributed by atoms with Crippen molar-refractivity contribution in [3.63, 3.8) is 0 Å². The summed E-state index contributed by atoms with van der Waals surface area (Å²) in [6, 6.07) is 3.26. The van der Waals surface area contributed by atoms with Crippen LogP contribution in [0.4, 0.5) is 5.95 Å². The minimum atomic E-state index is -1.12. The number of allylic oxidation sites excluding steroid dienone is 3. The number of benzene rings is 1. The largest absolute Gasteiger partial charge is 0.483 e. The maximum absolute atomic E-state index is 13.6. The standard InChI is InChI=1S/C50H63N11O12/c1-31(12-14-39(51-4)55-50-54-28-36-32(2)43(33(3)62)48(68)60(45(36)57-50)34-8-5-6-9-34)59-20-18-58(19-21-59)29-41(64)52-16-22-70-24-26-72-27-25-71-23-17-53-42(65)30-73-38-11-7-10-35-44(38)49(69)61(47(35)67)37-13-15-40(63)56-46(37)66/h7,10-12,14,28,34,37H,4-6,8-9,13,15-27,29-30H2,1-3H3,(H,52,64)(H,53,65)(H,54,55,57)(H,56,63,66)/b31-12+,39-14+. The summed E-state index contributed by atoms with van der Waals surface area (Å²) in [5.74, 6) is -2.71. The zero-order valence-electron chi connectivity index (χ0n) is 41.5. The molecule has 23 heteroatoms. The Kier molecular flexibility index (Phi) is 18.7. The number of carbonyl (C=O) groups is 7. The van der Waals surface area contributed by atoms with Gasteiger partial charge in [0.2, 0.25) is 23.7 Å². The topological polar surface area (TPSA) is 274 Å². The average molecular weight is 1010 g/mol. The molecular weight excluding hydrogens is 947 g/mol. The molecule has 3 fully saturated rings. The third-order valence-corrected chi connectivity index (χ3v) is 13.1. The van der Waals surface area contributed by atoms with Crippen molar-refractivity contribution in [3.05, 3.63) is 80.7 Å². The number of fused-ring (bicyclic) bond motifs is 2. The van der Waals surface area contributed by atoms with E-state index in [1.807, 2.05) is 13.0 Å². The number of rotatable bonds is 25. The van der Waals surface area contributed by atoms with Crippen molar-refractivity contribution in [2.45, 2.75) is 71.4 Å². The predicted octanol–water partition coefficient (Wildman–Crippen LogP) is 1.66. The van der Waals surface area contributed by atoms with Crippen molar-refractivity contribution in [2.24, 2.45) is 4.99 Å². The van der Waals surface area contributed by atoms with Gasteiger partial charge < -0.3 is 39.8 Å². The van der Waals surface area contributed by atoms with Crippen LogP contribution in [0.2, 0.25) is 0 Å². The molecule has 2 aromatic heterocycles. The number of pyridine rings is 1.